The highest BCUT2D eigenvalue weighted by atomic mass is 32.2. The molecule has 0 spiro atoms. The summed E-state index contributed by atoms with van der Waals surface area (Å²) in [5.74, 6) is -2.25. The lowest BCUT2D eigenvalue weighted by molar-refractivity contribution is -0.136. The van der Waals surface area contributed by atoms with Crippen LogP contribution in [0.4, 0.5) is 22.7 Å². The average molecular weight is 1110 g/mol. The number of carboxylic acid groups (broad SMARTS) is 2. The fraction of sp³-hybridized carbons (Fsp3) is 0.346. The molecule has 0 radical (unpaired) electrons. The Morgan fingerprint density at radius 1 is 0.436 bits per heavy atom. The maximum absolute atomic E-state index is 12.9. The molecule has 78 heavy (non-hydrogen) atoms. The molecule has 0 aliphatic carbocycles. The van der Waals surface area contributed by atoms with Gasteiger partial charge in [-0.15, -0.1) is 0 Å². The number of aromatic nitrogens is 6. The normalized spacial score (nSPS) is 14.5. The molecule has 0 bridgehead atoms. The fourth-order valence-corrected chi connectivity index (χ4v) is 9.20. The van der Waals surface area contributed by atoms with E-state index in [1.165, 1.54) is 36.4 Å². The van der Waals surface area contributed by atoms with Gasteiger partial charge in [-0.2, -0.15) is 16.8 Å². The highest BCUT2D eigenvalue weighted by Crippen LogP contribution is 2.43. The van der Waals surface area contributed by atoms with Gasteiger partial charge >= 0.3 is 11.9 Å². The van der Waals surface area contributed by atoms with E-state index in [0.717, 1.165) is 12.1 Å². The van der Waals surface area contributed by atoms with Crippen LogP contribution in [0.5, 0.6) is 11.5 Å². The molecule has 0 unspecified atom stereocenters. The van der Waals surface area contributed by atoms with Gasteiger partial charge in [-0.1, -0.05) is 107 Å². The molecular formula is C52H64N12O12S2. The van der Waals surface area contributed by atoms with Crippen LogP contribution in [0.1, 0.15) is 116 Å². The van der Waals surface area contributed by atoms with Crippen LogP contribution in [0.3, 0.4) is 0 Å². The van der Waals surface area contributed by atoms with Crippen molar-refractivity contribution in [3.63, 3.8) is 0 Å². The molecule has 6 aromatic rings. The number of rotatable bonds is 12. The molecule has 24 nitrogen and oxygen atoms in total. The topological polar surface area (TPSA) is 393 Å². The average Bonchev–Trinajstić information content (AvgIpc) is 3.31. The van der Waals surface area contributed by atoms with E-state index in [0.29, 0.717) is 33.6 Å². The second kappa shape index (κ2) is 22.0. The fourth-order valence-electron chi connectivity index (χ4n) is 7.79. The van der Waals surface area contributed by atoms with Crippen LogP contribution in [0.2, 0.25) is 0 Å². The number of hydrogen-bond donors (Lipinski definition) is 12. The second-order valence-corrected chi connectivity index (χ2v) is 25.0. The molecular weight excluding hydrogens is 1050 g/mol. The molecule has 6 rings (SSSR count). The van der Waals surface area contributed by atoms with E-state index in [9.17, 15) is 56.0 Å². The molecule has 4 aromatic carbocycles. The highest BCUT2D eigenvalue weighted by molar-refractivity contribution is 7.86. The van der Waals surface area contributed by atoms with Gasteiger partial charge < -0.3 is 20.4 Å². The number of nitrogens with one attached hydrogen (secondary N) is 6. The SMILES string of the molecule is CC(C)(C)c1cc(N=c2[nH]c(=NCC(=O)O)[nH]c(=Nc3ccc(/C=C/c4ccc(N=c5[nH]c(=NCC(=O)O)[nH]c(=Nc6cc(C(C)(C)C)c(O)c(C(C)(C)C)c6)[nH]5)cc4S(=O)(=O)O)c(S(=O)(=O)O)c3)[nH]2)cc(C(C)(C)C)c1O. The number of carbonyl (C=O) groups is 2. The standard InChI is InChI=1S/C52H64N12O12S2/c1-49(2,3)33-19-31(20-34(41(33)69)50(4,5)6)57-47-61-43(53-25-39(65)66)59-45(63-47)55-29-17-15-27(37(23-29)77(71,72)73)13-14-28-16-18-30(24-38(28)78(74,75)76)56-46-60-44(54-26-40(67)68)62-48(64-46)58-32-21-35(51(7,8)9)42(70)36(22-32)52(10,11)12/h13-24,69-70H,25-26H2,1-12H3,(H,65,66)(H,67,68)(H,71,72,73)(H,74,75,76)(H3,53,55,57,59,61,63)(H3,54,56,58,60,62,64)/b14-13+. The number of aromatic amines is 6. The van der Waals surface area contributed by atoms with E-state index in [4.69, 9.17) is 0 Å². The lowest BCUT2D eigenvalue weighted by atomic mass is 9.79. The third-order valence-corrected chi connectivity index (χ3v) is 13.4. The van der Waals surface area contributed by atoms with Crippen LogP contribution < -0.4 is 33.7 Å². The van der Waals surface area contributed by atoms with Gasteiger partial charge in [-0.05, 0) is 81.3 Å². The van der Waals surface area contributed by atoms with Crippen molar-refractivity contribution in [2.75, 3.05) is 13.1 Å². The molecule has 2 aromatic heterocycles. The first-order chi connectivity index (χ1) is 35.8. The number of hydrogen-bond acceptors (Lipinski definition) is 14. The Hall–Kier alpha value is -8.20. The van der Waals surface area contributed by atoms with E-state index >= 15 is 0 Å². The molecule has 0 fully saturated rings. The zero-order chi connectivity index (χ0) is 58.1. The van der Waals surface area contributed by atoms with E-state index in [1.54, 1.807) is 24.3 Å². The Morgan fingerprint density at radius 2 is 0.692 bits per heavy atom. The zero-order valence-corrected chi connectivity index (χ0v) is 46.6. The Bertz CT molecular complexity index is 3740. The van der Waals surface area contributed by atoms with Crippen molar-refractivity contribution < 1.29 is 56.0 Å². The Kier molecular flexibility index (Phi) is 16.7. The summed E-state index contributed by atoms with van der Waals surface area (Å²) in [6.45, 7) is 21.9. The number of benzene rings is 4. The summed E-state index contributed by atoms with van der Waals surface area (Å²) < 4.78 is 72.4. The number of nitrogens with zero attached hydrogens (tertiary/aromatic N) is 6. The third-order valence-electron chi connectivity index (χ3n) is 11.5. The molecule has 0 saturated heterocycles. The number of carboxylic acids is 2. The molecule has 416 valence electrons. The van der Waals surface area contributed by atoms with Crippen LogP contribution >= 0.6 is 0 Å². The second-order valence-electron chi connectivity index (χ2n) is 22.2. The Morgan fingerprint density at radius 3 is 0.936 bits per heavy atom. The van der Waals surface area contributed by atoms with Crippen LogP contribution in [-0.4, -0.2) is 101 Å². The minimum Gasteiger partial charge on any atom is -0.507 e. The first-order valence-electron chi connectivity index (χ1n) is 24.0. The summed E-state index contributed by atoms with van der Waals surface area (Å²) in [6.07, 6.45) is 2.35. The van der Waals surface area contributed by atoms with Gasteiger partial charge in [0.15, 0.2) is 0 Å². The van der Waals surface area contributed by atoms with Crippen LogP contribution in [-0.2, 0) is 51.5 Å². The number of phenols is 2. The van der Waals surface area contributed by atoms with Crippen LogP contribution in [0.25, 0.3) is 12.2 Å². The van der Waals surface area contributed by atoms with Gasteiger partial charge in [0.25, 0.3) is 20.2 Å². The van der Waals surface area contributed by atoms with Crippen LogP contribution in [0.15, 0.2) is 100 Å². The molecule has 0 amide bonds. The molecule has 12 N–H and O–H groups in total. The van der Waals surface area contributed by atoms with Crippen molar-refractivity contribution in [1.82, 2.24) is 29.9 Å². The predicted octanol–water partition coefficient (Wildman–Crippen LogP) is 5.82. The molecule has 0 saturated carbocycles. The lowest BCUT2D eigenvalue weighted by Gasteiger charge is -2.27. The highest BCUT2D eigenvalue weighted by Gasteiger charge is 2.28. The lowest BCUT2D eigenvalue weighted by Crippen LogP contribution is -2.37. The maximum atomic E-state index is 12.9. The van der Waals surface area contributed by atoms with E-state index in [2.05, 4.69) is 59.9 Å². The summed E-state index contributed by atoms with van der Waals surface area (Å²) in [5.41, 5.74) is 0.604. The van der Waals surface area contributed by atoms with Crippen LogP contribution in [0, 0.1) is 0 Å². The van der Waals surface area contributed by atoms with Gasteiger partial charge in [-0.3, -0.25) is 48.6 Å². The zero-order valence-electron chi connectivity index (χ0n) is 45.0. The summed E-state index contributed by atoms with van der Waals surface area (Å²) in [5, 5.41) is 41.2. The summed E-state index contributed by atoms with van der Waals surface area (Å²) in [6, 6.07) is 14.1. The van der Waals surface area contributed by atoms with Gasteiger partial charge in [0, 0.05) is 22.3 Å². The third kappa shape index (κ3) is 15.3. The minimum atomic E-state index is -5.01. The van der Waals surface area contributed by atoms with E-state index in [-0.39, 0.29) is 67.7 Å². The maximum Gasteiger partial charge on any atom is 0.325 e. The quantitative estimate of drug-likeness (QED) is 0.0509. The van der Waals surface area contributed by atoms with E-state index in [1.807, 2.05) is 83.1 Å². The minimum absolute atomic E-state index is 0.0231. The summed E-state index contributed by atoms with van der Waals surface area (Å²) in [4.78, 5) is 65.1. The van der Waals surface area contributed by atoms with Gasteiger partial charge in [0.2, 0.25) is 33.7 Å². The van der Waals surface area contributed by atoms with Crippen molar-refractivity contribution in [3.8, 4) is 11.5 Å². The van der Waals surface area contributed by atoms with Gasteiger partial charge in [-0.25, -0.2) is 30.0 Å². The monoisotopic (exact) mass is 1110 g/mol. The molecule has 2 heterocycles. The largest absolute Gasteiger partial charge is 0.507 e. The summed E-state index contributed by atoms with van der Waals surface area (Å²) in [7, 11) is -10.0. The van der Waals surface area contributed by atoms with Crippen molar-refractivity contribution in [2.45, 2.75) is 115 Å². The molecule has 26 heteroatoms. The summed E-state index contributed by atoms with van der Waals surface area (Å²) >= 11 is 0. The van der Waals surface area contributed by atoms with Gasteiger partial charge in [0.1, 0.15) is 34.4 Å². The van der Waals surface area contributed by atoms with Crippen molar-refractivity contribution in [2.24, 2.45) is 30.0 Å². The molecule has 0 aliphatic rings. The van der Waals surface area contributed by atoms with E-state index < -0.39 is 76.7 Å². The first kappa shape index (κ1) is 59.1. The first-order valence-corrected chi connectivity index (χ1v) is 26.9. The molecule has 0 atom stereocenters. The predicted molar refractivity (Wildman–Crippen MR) is 288 cm³/mol. The van der Waals surface area contributed by atoms with Crippen molar-refractivity contribution >= 4 is 67.1 Å². The van der Waals surface area contributed by atoms with Crippen molar-refractivity contribution in [3.05, 3.63) is 128 Å². The number of aliphatic carboxylic acids is 2. The van der Waals surface area contributed by atoms with Crippen molar-refractivity contribution in [1.29, 1.82) is 0 Å². The smallest absolute Gasteiger partial charge is 0.325 e. The number of aromatic hydroxyl groups is 2. The Balaban J connectivity index is 1.46. The number of phenolic OH excluding ortho intramolecular Hbond substituents is 2. The number of H-pyrrole nitrogens is 6. The molecule has 0 aliphatic heterocycles. The Labute approximate surface area is 448 Å². The van der Waals surface area contributed by atoms with Gasteiger partial charge in [0.05, 0.1) is 22.7 Å².